The van der Waals surface area contributed by atoms with Crippen molar-refractivity contribution in [3.8, 4) is 0 Å². The Morgan fingerprint density at radius 2 is 1.19 bits per heavy atom. The van der Waals surface area contributed by atoms with Crippen molar-refractivity contribution < 1.29 is 12.3 Å². The van der Waals surface area contributed by atoms with Gasteiger partial charge in [0.1, 0.15) is 0 Å². The molecule has 0 atom stereocenters. The second-order valence-corrected chi connectivity index (χ2v) is 16.7. The zero-order chi connectivity index (χ0) is 16.0. The van der Waals surface area contributed by atoms with Crippen molar-refractivity contribution in [2.75, 3.05) is 0 Å². The van der Waals surface area contributed by atoms with Gasteiger partial charge in [-0.25, -0.2) is 0 Å². The Bertz CT molecular complexity index is 420. The van der Waals surface area contributed by atoms with E-state index in [9.17, 15) is 0 Å². The van der Waals surface area contributed by atoms with Gasteiger partial charge in [-0.2, -0.15) is 0 Å². The van der Waals surface area contributed by atoms with Gasteiger partial charge in [-0.05, 0) is 44.8 Å². The van der Waals surface area contributed by atoms with E-state index in [1.807, 2.05) is 6.08 Å². The minimum Gasteiger partial charge on any atom is -0.416 e. The highest BCUT2D eigenvalue weighted by molar-refractivity contribution is 6.88. The molecule has 1 aromatic carbocycles. The van der Waals surface area contributed by atoms with Crippen LogP contribution in [0.25, 0.3) is 6.08 Å². The summed E-state index contributed by atoms with van der Waals surface area (Å²) in [4.78, 5) is 0. The van der Waals surface area contributed by atoms with Crippen molar-refractivity contribution in [1.82, 2.24) is 0 Å². The average molecular weight is 357 g/mol. The molecule has 21 heavy (non-hydrogen) atoms. The normalized spacial score (nSPS) is 12.4. The summed E-state index contributed by atoms with van der Waals surface area (Å²) < 4.78 is 19.2. The first kappa shape index (κ1) is 18.8. The molecule has 0 saturated carbocycles. The minimum absolute atomic E-state index is 1.09. The van der Waals surface area contributed by atoms with Crippen LogP contribution in [0.2, 0.25) is 39.3 Å². The van der Waals surface area contributed by atoms with Gasteiger partial charge >= 0.3 is 8.80 Å². The van der Waals surface area contributed by atoms with Gasteiger partial charge in [-0.3, -0.25) is 0 Å². The molecule has 0 amide bonds. The summed E-state index contributed by atoms with van der Waals surface area (Å²) in [6, 6.07) is 8.30. The van der Waals surface area contributed by atoms with Crippen molar-refractivity contribution in [3.63, 3.8) is 0 Å². The van der Waals surface area contributed by atoms with E-state index in [0.29, 0.717) is 0 Å². The number of hydrogen-bond donors (Lipinski definition) is 0. The van der Waals surface area contributed by atoms with Crippen LogP contribution in [-0.4, -0.2) is 35.9 Å². The zero-order valence-electron chi connectivity index (χ0n) is 14.1. The van der Waals surface area contributed by atoms with E-state index in [-0.39, 0.29) is 0 Å². The molecule has 0 N–H and O–H groups in total. The van der Waals surface area contributed by atoms with Crippen molar-refractivity contribution in [2.45, 2.75) is 39.3 Å². The molecule has 0 saturated heterocycles. The minimum atomic E-state index is -2.75. The maximum absolute atomic E-state index is 6.40. The lowest BCUT2D eigenvalue weighted by Crippen LogP contribution is -2.62. The molecule has 7 heteroatoms. The Balaban J connectivity index is 3.25. The smallest absolute Gasteiger partial charge is 0.416 e. The van der Waals surface area contributed by atoms with Gasteiger partial charge in [0, 0.05) is 5.19 Å². The predicted octanol–water partition coefficient (Wildman–Crippen LogP) is 2.48. The molecular weight excluding hydrogens is 328 g/mol. The fourth-order valence-corrected chi connectivity index (χ4v) is 13.9. The molecule has 0 radical (unpaired) electrons. The molecule has 0 aliphatic carbocycles. The van der Waals surface area contributed by atoms with Gasteiger partial charge in [0.2, 0.25) is 0 Å². The van der Waals surface area contributed by atoms with Crippen LogP contribution in [0, 0.1) is 0 Å². The van der Waals surface area contributed by atoms with E-state index in [1.54, 1.807) is 0 Å². The first-order valence-corrected chi connectivity index (χ1v) is 17.6. The van der Waals surface area contributed by atoms with E-state index in [4.69, 9.17) is 12.3 Å². The Kier molecular flexibility index (Phi) is 7.47. The summed E-state index contributed by atoms with van der Waals surface area (Å²) in [5.74, 6) is 0. The highest BCUT2D eigenvalue weighted by atomic mass is 28.5. The van der Waals surface area contributed by atoms with Crippen LogP contribution in [0.15, 0.2) is 30.8 Å². The molecule has 1 rings (SSSR count). The van der Waals surface area contributed by atoms with E-state index in [1.165, 1.54) is 0 Å². The Morgan fingerprint density at radius 1 is 0.810 bits per heavy atom. The molecule has 0 spiro atoms. The molecule has 0 aliphatic rings. The third kappa shape index (κ3) is 5.78. The van der Waals surface area contributed by atoms with Crippen LogP contribution >= 0.6 is 0 Å². The average Bonchev–Trinajstić information content (AvgIpc) is 2.36. The fraction of sp³-hybridized carbons (Fsp3) is 0.429. The number of benzene rings is 1. The van der Waals surface area contributed by atoms with Gasteiger partial charge < -0.3 is 12.3 Å². The quantitative estimate of drug-likeness (QED) is 0.670. The Hall–Kier alpha value is -0.292. The summed E-state index contributed by atoms with van der Waals surface area (Å²) in [5.41, 5.74) is 1.10. The van der Waals surface area contributed by atoms with E-state index in [2.05, 4.69) is 70.1 Å². The van der Waals surface area contributed by atoms with Crippen LogP contribution in [0.3, 0.4) is 0 Å². The molecule has 0 fully saturated rings. The number of hydrogen-bond acceptors (Lipinski definition) is 3. The van der Waals surface area contributed by atoms with Gasteiger partial charge in [0.15, 0.2) is 27.1 Å². The third-order valence-electron chi connectivity index (χ3n) is 2.67. The summed E-state index contributed by atoms with van der Waals surface area (Å²) in [7, 11) is -6.55. The molecular formula is C14H28O3Si4. The topological polar surface area (TPSA) is 27.7 Å². The molecule has 0 unspecified atom stereocenters. The van der Waals surface area contributed by atoms with Crippen LogP contribution in [0.1, 0.15) is 5.56 Å². The van der Waals surface area contributed by atoms with Gasteiger partial charge in [-0.1, -0.05) is 36.9 Å². The second-order valence-electron chi connectivity index (χ2n) is 5.88. The fourth-order valence-electron chi connectivity index (χ4n) is 2.04. The largest absolute Gasteiger partial charge is 0.505 e. The van der Waals surface area contributed by atoms with Crippen LogP contribution in [0.4, 0.5) is 0 Å². The summed E-state index contributed by atoms with van der Waals surface area (Å²) >= 11 is 0. The Morgan fingerprint density at radius 3 is 1.48 bits per heavy atom. The molecule has 0 heterocycles. The second kappa shape index (κ2) is 8.37. The summed E-state index contributed by atoms with van der Waals surface area (Å²) in [6.07, 6.45) is 1.85. The lowest BCUT2D eigenvalue weighted by atomic mass is 10.2. The van der Waals surface area contributed by atoms with Crippen molar-refractivity contribution in [1.29, 1.82) is 0 Å². The van der Waals surface area contributed by atoms with Crippen molar-refractivity contribution in [3.05, 3.63) is 36.4 Å². The maximum Gasteiger partial charge on any atom is 0.505 e. The molecule has 118 valence electrons. The van der Waals surface area contributed by atoms with E-state index in [0.717, 1.165) is 10.8 Å². The van der Waals surface area contributed by atoms with E-state index >= 15 is 0 Å². The standard InChI is InChI=1S/C14H28O3Si4/c1-8-13-9-11-14(12-10-13)21(15-18(2)3,16-19(4)5)17-20(6)7/h8-12,18-20H,1H2,2-7H3. The van der Waals surface area contributed by atoms with Crippen LogP contribution in [-0.2, 0) is 12.3 Å². The monoisotopic (exact) mass is 356 g/mol. The molecule has 0 bridgehead atoms. The highest BCUT2D eigenvalue weighted by Crippen LogP contribution is 2.16. The third-order valence-corrected chi connectivity index (χ3v) is 13.1. The van der Waals surface area contributed by atoms with Gasteiger partial charge in [0.05, 0.1) is 0 Å². The van der Waals surface area contributed by atoms with Crippen molar-refractivity contribution in [2.24, 2.45) is 0 Å². The molecule has 1 aromatic rings. The number of rotatable bonds is 8. The van der Waals surface area contributed by atoms with Crippen LogP contribution < -0.4 is 5.19 Å². The van der Waals surface area contributed by atoms with Gasteiger partial charge in [0.25, 0.3) is 0 Å². The first-order chi connectivity index (χ1) is 9.79. The maximum atomic E-state index is 6.40. The zero-order valence-corrected chi connectivity index (χ0v) is 18.5. The summed E-state index contributed by atoms with van der Waals surface area (Å²) in [6.45, 7) is 16.9. The van der Waals surface area contributed by atoms with Crippen LogP contribution in [0.5, 0.6) is 0 Å². The van der Waals surface area contributed by atoms with Crippen molar-refractivity contribution >= 4 is 47.2 Å². The van der Waals surface area contributed by atoms with Gasteiger partial charge in [-0.15, -0.1) is 0 Å². The first-order valence-electron chi connectivity index (χ1n) is 7.55. The lowest BCUT2D eigenvalue weighted by Gasteiger charge is -2.35. The summed E-state index contributed by atoms with van der Waals surface area (Å²) in [5, 5.41) is 1.09. The molecule has 0 aromatic heterocycles. The highest BCUT2D eigenvalue weighted by Gasteiger charge is 2.45. The molecule has 0 aliphatic heterocycles. The Labute approximate surface area is 135 Å². The predicted molar refractivity (Wildman–Crippen MR) is 102 cm³/mol. The van der Waals surface area contributed by atoms with E-state index < -0.39 is 35.9 Å². The molecule has 3 nitrogen and oxygen atoms in total. The lowest BCUT2D eigenvalue weighted by molar-refractivity contribution is 0.290. The SMILES string of the molecule is C=Cc1ccc([Si](O[SiH](C)C)(O[SiH](C)C)O[SiH](C)C)cc1.